The molecule has 0 bridgehead atoms. The maximum absolute atomic E-state index is 13.6. The van der Waals surface area contributed by atoms with Crippen LogP contribution < -0.4 is 11.1 Å². The fraction of sp³-hybridized carbons (Fsp3) is 0. The van der Waals surface area contributed by atoms with E-state index in [1.165, 1.54) is 12.1 Å². The Labute approximate surface area is 113 Å². The van der Waals surface area contributed by atoms with E-state index >= 15 is 0 Å². The van der Waals surface area contributed by atoms with Crippen LogP contribution in [0.4, 0.5) is 15.8 Å². The fourth-order valence-electron chi connectivity index (χ4n) is 1.93. The van der Waals surface area contributed by atoms with Gasteiger partial charge in [-0.25, -0.2) is 4.39 Å². The molecule has 5 nitrogen and oxygen atoms in total. The molecule has 0 aliphatic heterocycles. The zero-order valence-corrected chi connectivity index (χ0v) is 10.4. The number of benzene rings is 2. The molecule has 0 aliphatic carbocycles. The minimum Gasteiger partial charge on any atom is -0.399 e. The molecule has 6 heteroatoms. The number of nitrogens with zero attached hydrogens (tertiary/aromatic N) is 1. The van der Waals surface area contributed by atoms with Crippen molar-refractivity contribution in [3.8, 4) is 0 Å². The number of carbonyl (C=O) groups excluding carboxylic acids is 1. The summed E-state index contributed by atoms with van der Waals surface area (Å²) in [5.41, 5.74) is 7.02. The highest BCUT2D eigenvalue weighted by molar-refractivity contribution is 6.05. The van der Waals surface area contributed by atoms with Gasteiger partial charge in [0.1, 0.15) is 5.82 Å². The number of nitrogens with two attached hydrogens (primary N) is 1. The average molecular weight is 270 g/mol. The van der Waals surface area contributed by atoms with Gasteiger partial charge >= 0.3 is 0 Å². The number of nitrogen functional groups attached to an aromatic ring is 1. The maximum atomic E-state index is 13.6. The summed E-state index contributed by atoms with van der Waals surface area (Å²) in [6.45, 7) is 0. The van der Waals surface area contributed by atoms with Crippen molar-refractivity contribution in [2.24, 2.45) is 0 Å². The lowest BCUT2D eigenvalue weighted by Crippen LogP contribution is -2.13. The second kappa shape index (κ2) is 4.65. The third-order valence-corrected chi connectivity index (χ3v) is 2.94. The molecule has 2 aromatic carbocycles. The Bertz CT molecular complexity index is 797. The summed E-state index contributed by atoms with van der Waals surface area (Å²) in [4.78, 5) is 12.0. The maximum Gasteiger partial charge on any atom is 0.258 e. The predicted octanol–water partition coefficient (Wildman–Crippen LogP) is 2.54. The minimum absolute atomic E-state index is 0.0519. The molecule has 3 aromatic rings. The van der Waals surface area contributed by atoms with Crippen molar-refractivity contribution in [2.45, 2.75) is 0 Å². The summed E-state index contributed by atoms with van der Waals surface area (Å²) in [6, 6.07) is 9.23. The highest BCUT2D eigenvalue weighted by Gasteiger charge is 2.12. The van der Waals surface area contributed by atoms with Gasteiger partial charge in [-0.1, -0.05) is 0 Å². The quantitative estimate of drug-likeness (QED) is 0.626. The van der Waals surface area contributed by atoms with Crippen LogP contribution in [0, 0.1) is 5.82 Å². The number of H-pyrrole nitrogens is 1. The van der Waals surface area contributed by atoms with E-state index in [4.69, 9.17) is 5.73 Å². The Balaban J connectivity index is 1.87. The van der Waals surface area contributed by atoms with Crippen molar-refractivity contribution in [1.82, 2.24) is 10.2 Å². The van der Waals surface area contributed by atoms with Crippen molar-refractivity contribution in [1.29, 1.82) is 0 Å². The molecule has 4 N–H and O–H groups in total. The van der Waals surface area contributed by atoms with Crippen LogP contribution >= 0.6 is 0 Å². The summed E-state index contributed by atoms with van der Waals surface area (Å²) in [5, 5.41) is 10.3. The lowest BCUT2D eigenvalue weighted by atomic mass is 10.1. The molecule has 0 saturated carbocycles. The fourth-order valence-corrected chi connectivity index (χ4v) is 1.93. The zero-order chi connectivity index (χ0) is 14.1. The van der Waals surface area contributed by atoms with Gasteiger partial charge in [-0.05, 0) is 36.4 Å². The van der Waals surface area contributed by atoms with E-state index in [0.717, 1.165) is 17.0 Å². The number of carbonyl (C=O) groups is 1. The van der Waals surface area contributed by atoms with Crippen LogP contribution in [0.1, 0.15) is 10.4 Å². The average Bonchev–Trinajstić information content (AvgIpc) is 2.85. The minimum atomic E-state index is -0.648. The van der Waals surface area contributed by atoms with Crippen LogP contribution in [0.15, 0.2) is 42.6 Å². The number of fused-ring (bicyclic) bond motifs is 1. The number of amides is 1. The van der Waals surface area contributed by atoms with Crippen LogP contribution in [0.25, 0.3) is 10.9 Å². The van der Waals surface area contributed by atoms with Gasteiger partial charge in [0.25, 0.3) is 5.91 Å². The Hall–Kier alpha value is -2.89. The zero-order valence-electron chi connectivity index (χ0n) is 10.4. The van der Waals surface area contributed by atoms with Gasteiger partial charge in [0.15, 0.2) is 0 Å². The number of nitrogens with one attached hydrogen (secondary N) is 2. The third kappa shape index (κ3) is 2.18. The molecule has 0 atom stereocenters. The van der Waals surface area contributed by atoms with Gasteiger partial charge in [0.05, 0.1) is 17.3 Å². The summed E-state index contributed by atoms with van der Waals surface area (Å²) in [6.07, 6.45) is 1.68. The van der Waals surface area contributed by atoms with E-state index in [2.05, 4.69) is 15.5 Å². The molecular formula is C14H11FN4O. The molecule has 100 valence electrons. The largest absolute Gasteiger partial charge is 0.399 e. The summed E-state index contributed by atoms with van der Waals surface area (Å²) >= 11 is 0. The Morgan fingerprint density at radius 2 is 2.10 bits per heavy atom. The van der Waals surface area contributed by atoms with E-state index in [-0.39, 0.29) is 11.3 Å². The van der Waals surface area contributed by atoms with Crippen molar-refractivity contribution in [3.05, 3.63) is 54.0 Å². The van der Waals surface area contributed by atoms with Crippen molar-refractivity contribution < 1.29 is 9.18 Å². The van der Waals surface area contributed by atoms with Gasteiger partial charge in [-0.2, -0.15) is 5.10 Å². The predicted molar refractivity (Wildman–Crippen MR) is 74.9 cm³/mol. The van der Waals surface area contributed by atoms with Crippen LogP contribution in [-0.4, -0.2) is 16.1 Å². The lowest BCUT2D eigenvalue weighted by Gasteiger charge is -2.06. The lowest BCUT2D eigenvalue weighted by molar-refractivity contribution is 0.102. The van der Waals surface area contributed by atoms with E-state index in [1.54, 1.807) is 18.3 Å². The molecule has 0 unspecified atom stereocenters. The van der Waals surface area contributed by atoms with Gasteiger partial charge in [0.2, 0.25) is 0 Å². The molecule has 0 radical (unpaired) electrons. The summed E-state index contributed by atoms with van der Waals surface area (Å²) < 4.78 is 13.6. The molecular weight excluding hydrogens is 259 g/mol. The molecule has 1 aromatic heterocycles. The molecule has 0 saturated heterocycles. The first-order valence-electron chi connectivity index (χ1n) is 5.93. The first kappa shape index (κ1) is 12.2. The van der Waals surface area contributed by atoms with E-state index in [9.17, 15) is 9.18 Å². The van der Waals surface area contributed by atoms with E-state index in [1.807, 2.05) is 6.07 Å². The Morgan fingerprint density at radius 1 is 1.25 bits per heavy atom. The SMILES string of the molecule is Nc1ccc(C(=O)Nc2ccc3cn[nH]c3c2)c(F)c1. The highest BCUT2D eigenvalue weighted by atomic mass is 19.1. The van der Waals surface area contributed by atoms with Gasteiger partial charge in [0, 0.05) is 16.8 Å². The molecule has 1 amide bonds. The highest BCUT2D eigenvalue weighted by Crippen LogP contribution is 2.18. The topological polar surface area (TPSA) is 83.8 Å². The van der Waals surface area contributed by atoms with Crippen LogP contribution in [0.5, 0.6) is 0 Å². The number of aromatic amines is 1. The molecule has 0 aliphatic rings. The number of anilines is 2. The standard InChI is InChI=1S/C14H11FN4O/c15-12-5-9(16)2-4-11(12)14(20)18-10-3-1-8-7-17-19-13(8)6-10/h1-7H,16H2,(H,17,19)(H,18,20). The first-order chi connectivity index (χ1) is 9.63. The molecule has 3 rings (SSSR count). The van der Waals surface area contributed by atoms with Crippen LogP contribution in [-0.2, 0) is 0 Å². The van der Waals surface area contributed by atoms with Crippen molar-refractivity contribution >= 4 is 28.2 Å². The monoisotopic (exact) mass is 270 g/mol. The Kier molecular flexibility index (Phi) is 2.83. The van der Waals surface area contributed by atoms with Crippen molar-refractivity contribution in [2.75, 3.05) is 11.1 Å². The smallest absolute Gasteiger partial charge is 0.258 e. The number of aromatic nitrogens is 2. The van der Waals surface area contributed by atoms with Crippen LogP contribution in [0.2, 0.25) is 0 Å². The third-order valence-electron chi connectivity index (χ3n) is 2.94. The second-order valence-corrected chi connectivity index (χ2v) is 4.37. The molecule has 1 heterocycles. The molecule has 20 heavy (non-hydrogen) atoms. The second-order valence-electron chi connectivity index (χ2n) is 4.37. The number of rotatable bonds is 2. The van der Waals surface area contributed by atoms with Gasteiger partial charge < -0.3 is 11.1 Å². The summed E-state index contributed by atoms with van der Waals surface area (Å²) in [7, 11) is 0. The molecule has 0 spiro atoms. The number of halogens is 1. The normalized spacial score (nSPS) is 10.7. The van der Waals surface area contributed by atoms with Crippen LogP contribution in [0.3, 0.4) is 0 Å². The molecule has 0 fully saturated rings. The first-order valence-corrected chi connectivity index (χ1v) is 5.93. The Morgan fingerprint density at radius 3 is 2.90 bits per heavy atom. The van der Waals surface area contributed by atoms with Crippen molar-refractivity contribution in [3.63, 3.8) is 0 Å². The number of hydrogen-bond donors (Lipinski definition) is 3. The number of hydrogen-bond acceptors (Lipinski definition) is 3. The van der Waals surface area contributed by atoms with E-state index in [0.29, 0.717) is 5.69 Å². The van der Waals surface area contributed by atoms with Gasteiger partial charge in [-0.3, -0.25) is 9.89 Å². The summed E-state index contributed by atoms with van der Waals surface area (Å²) in [5.74, 6) is -1.17. The van der Waals surface area contributed by atoms with E-state index < -0.39 is 11.7 Å². The van der Waals surface area contributed by atoms with Gasteiger partial charge in [-0.15, -0.1) is 0 Å².